The Labute approximate surface area is 117 Å². The number of halogens is 1. The van der Waals surface area contributed by atoms with Crippen LogP contribution in [0.25, 0.3) is 0 Å². The number of nitrogens with one attached hydrogen (secondary N) is 1. The van der Waals surface area contributed by atoms with Crippen molar-refractivity contribution in [3.63, 3.8) is 0 Å². The molecule has 0 saturated heterocycles. The fourth-order valence-electron chi connectivity index (χ4n) is 2.00. The summed E-state index contributed by atoms with van der Waals surface area (Å²) < 4.78 is 0. The maximum absolute atomic E-state index is 6.19. The van der Waals surface area contributed by atoms with Crippen LogP contribution in [0.5, 0.6) is 0 Å². The molecule has 0 aliphatic carbocycles. The van der Waals surface area contributed by atoms with Gasteiger partial charge in [-0.3, -0.25) is 0 Å². The van der Waals surface area contributed by atoms with E-state index in [-0.39, 0.29) is 6.04 Å². The third-order valence-electron chi connectivity index (χ3n) is 2.84. The number of benzene rings is 1. The predicted octanol–water partition coefficient (Wildman–Crippen LogP) is 4.89. The van der Waals surface area contributed by atoms with Gasteiger partial charge in [-0.05, 0) is 45.4 Å². The summed E-state index contributed by atoms with van der Waals surface area (Å²) in [4.78, 5) is 5.83. The molecule has 0 saturated carbocycles. The first-order valence-electron chi connectivity index (χ1n) is 5.94. The molecule has 0 fully saturated rings. The van der Waals surface area contributed by atoms with Crippen LogP contribution in [0.4, 0.5) is 5.69 Å². The lowest BCUT2D eigenvalue weighted by molar-refractivity contribution is 0.837. The van der Waals surface area contributed by atoms with Crippen LogP contribution in [0, 0.1) is 20.8 Å². The smallest absolute Gasteiger partial charge is 0.0901 e. The molecule has 1 N–H and O–H groups in total. The Morgan fingerprint density at radius 2 is 2.00 bits per heavy atom. The second-order valence-corrected chi connectivity index (χ2v) is 6.34. The summed E-state index contributed by atoms with van der Waals surface area (Å²) in [6, 6.07) is 6.16. The molecule has 1 unspecified atom stereocenters. The zero-order valence-corrected chi connectivity index (χ0v) is 12.6. The van der Waals surface area contributed by atoms with Crippen LogP contribution in [0.3, 0.4) is 0 Å². The highest BCUT2D eigenvalue weighted by molar-refractivity contribution is 7.11. The minimum atomic E-state index is 0.161. The summed E-state index contributed by atoms with van der Waals surface area (Å²) in [7, 11) is 0. The van der Waals surface area contributed by atoms with Crippen LogP contribution in [-0.4, -0.2) is 4.98 Å². The van der Waals surface area contributed by atoms with Crippen molar-refractivity contribution in [2.75, 3.05) is 5.32 Å². The molecular formula is C14H17ClN2S. The molecule has 2 rings (SSSR count). The molecule has 0 aliphatic rings. The highest BCUT2D eigenvalue weighted by Gasteiger charge is 2.14. The Morgan fingerprint density at radius 3 is 2.61 bits per heavy atom. The molecule has 1 aromatic heterocycles. The monoisotopic (exact) mass is 280 g/mol. The van der Waals surface area contributed by atoms with Crippen molar-refractivity contribution < 1.29 is 0 Å². The Bertz CT molecular complexity index is 563. The van der Waals surface area contributed by atoms with Gasteiger partial charge in [0, 0.05) is 4.88 Å². The summed E-state index contributed by atoms with van der Waals surface area (Å²) in [5.74, 6) is 0. The highest BCUT2D eigenvalue weighted by atomic mass is 35.5. The van der Waals surface area contributed by atoms with E-state index in [1.165, 1.54) is 10.4 Å². The van der Waals surface area contributed by atoms with Gasteiger partial charge in [-0.25, -0.2) is 4.98 Å². The van der Waals surface area contributed by atoms with Gasteiger partial charge in [0.15, 0.2) is 0 Å². The first-order chi connectivity index (χ1) is 8.47. The van der Waals surface area contributed by atoms with E-state index in [9.17, 15) is 0 Å². The summed E-state index contributed by atoms with van der Waals surface area (Å²) in [6.45, 7) is 8.31. The topological polar surface area (TPSA) is 24.9 Å². The molecule has 0 radical (unpaired) electrons. The minimum Gasteiger partial charge on any atom is -0.376 e. The van der Waals surface area contributed by atoms with E-state index in [1.54, 1.807) is 11.3 Å². The SMILES string of the molecule is Cc1ccc(Cl)c(NC(C)c2nc(C)sc2C)c1. The van der Waals surface area contributed by atoms with Gasteiger partial charge < -0.3 is 5.32 Å². The van der Waals surface area contributed by atoms with Gasteiger partial charge in [-0.2, -0.15) is 0 Å². The van der Waals surface area contributed by atoms with Crippen LogP contribution in [0.2, 0.25) is 5.02 Å². The van der Waals surface area contributed by atoms with E-state index < -0.39 is 0 Å². The molecule has 1 aromatic carbocycles. The highest BCUT2D eigenvalue weighted by Crippen LogP contribution is 2.29. The van der Waals surface area contributed by atoms with Crippen LogP contribution < -0.4 is 5.32 Å². The molecule has 0 amide bonds. The molecule has 4 heteroatoms. The molecule has 96 valence electrons. The number of anilines is 1. The number of rotatable bonds is 3. The molecule has 0 spiro atoms. The maximum atomic E-state index is 6.19. The first kappa shape index (κ1) is 13.4. The predicted molar refractivity (Wildman–Crippen MR) is 79.8 cm³/mol. The Kier molecular flexibility index (Phi) is 3.93. The largest absolute Gasteiger partial charge is 0.376 e. The molecule has 18 heavy (non-hydrogen) atoms. The molecule has 2 aromatic rings. The lowest BCUT2D eigenvalue weighted by Crippen LogP contribution is -2.08. The van der Waals surface area contributed by atoms with E-state index in [0.29, 0.717) is 0 Å². The molecule has 0 bridgehead atoms. The normalized spacial score (nSPS) is 12.5. The Balaban J connectivity index is 2.23. The standard InChI is InChI=1S/C14H17ClN2S/c1-8-5-6-12(15)13(7-8)16-9(2)14-10(3)18-11(4)17-14/h5-7,9,16H,1-4H3. The minimum absolute atomic E-state index is 0.161. The van der Waals surface area contributed by atoms with Crippen LogP contribution in [0.15, 0.2) is 18.2 Å². The lowest BCUT2D eigenvalue weighted by atomic mass is 10.1. The number of thiazole rings is 1. The van der Waals surface area contributed by atoms with Crippen LogP contribution in [-0.2, 0) is 0 Å². The van der Waals surface area contributed by atoms with Crippen molar-refractivity contribution in [3.8, 4) is 0 Å². The first-order valence-corrected chi connectivity index (χ1v) is 7.13. The molecule has 1 atom stereocenters. The van der Waals surface area contributed by atoms with E-state index in [1.807, 2.05) is 19.1 Å². The second kappa shape index (κ2) is 5.29. The van der Waals surface area contributed by atoms with Crippen LogP contribution >= 0.6 is 22.9 Å². The molecule has 1 heterocycles. The van der Waals surface area contributed by atoms with Gasteiger partial charge in [0.25, 0.3) is 0 Å². The Morgan fingerprint density at radius 1 is 1.28 bits per heavy atom. The summed E-state index contributed by atoms with van der Waals surface area (Å²) in [5, 5.41) is 5.28. The fraction of sp³-hybridized carbons (Fsp3) is 0.357. The number of nitrogens with zero attached hydrogens (tertiary/aromatic N) is 1. The molecule has 2 nitrogen and oxygen atoms in total. The fourth-order valence-corrected chi connectivity index (χ4v) is 3.08. The zero-order valence-electron chi connectivity index (χ0n) is 11.0. The van der Waals surface area contributed by atoms with Gasteiger partial charge in [0.1, 0.15) is 0 Å². The number of hydrogen-bond donors (Lipinski definition) is 1. The maximum Gasteiger partial charge on any atom is 0.0901 e. The van der Waals surface area contributed by atoms with E-state index >= 15 is 0 Å². The van der Waals surface area contributed by atoms with Gasteiger partial charge in [0.05, 0.1) is 27.5 Å². The second-order valence-electron chi connectivity index (χ2n) is 4.52. The van der Waals surface area contributed by atoms with Crippen molar-refractivity contribution in [3.05, 3.63) is 44.4 Å². The van der Waals surface area contributed by atoms with Gasteiger partial charge >= 0.3 is 0 Å². The molecular weight excluding hydrogens is 264 g/mol. The van der Waals surface area contributed by atoms with Crippen LogP contribution in [0.1, 0.15) is 34.1 Å². The third kappa shape index (κ3) is 2.85. The number of hydrogen-bond acceptors (Lipinski definition) is 3. The van der Waals surface area contributed by atoms with Gasteiger partial charge in [-0.15, -0.1) is 11.3 Å². The van der Waals surface area contributed by atoms with Crippen molar-refractivity contribution in [2.24, 2.45) is 0 Å². The lowest BCUT2D eigenvalue weighted by Gasteiger charge is -2.16. The summed E-state index contributed by atoms with van der Waals surface area (Å²) in [5.41, 5.74) is 3.27. The van der Waals surface area contributed by atoms with Gasteiger partial charge in [-0.1, -0.05) is 17.7 Å². The third-order valence-corrected chi connectivity index (χ3v) is 4.08. The Hall–Kier alpha value is -1.06. The van der Waals surface area contributed by atoms with E-state index in [2.05, 4.69) is 37.1 Å². The van der Waals surface area contributed by atoms with E-state index in [4.69, 9.17) is 11.6 Å². The molecule has 0 aliphatic heterocycles. The van der Waals surface area contributed by atoms with Crippen molar-refractivity contribution in [1.29, 1.82) is 0 Å². The average molecular weight is 281 g/mol. The average Bonchev–Trinajstić information content (AvgIpc) is 2.63. The van der Waals surface area contributed by atoms with Crippen molar-refractivity contribution >= 4 is 28.6 Å². The quantitative estimate of drug-likeness (QED) is 0.865. The van der Waals surface area contributed by atoms with E-state index in [0.717, 1.165) is 21.4 Å². The number of aromatic nitrogens is 1. The zero-order chi connectivity index (χ0) is 13.3. The van der Waals surface area contributed by atoms with Crippen molar-refractivity contribution in [1.82, 2.24) is 4.98 Å². The van der Waals surface area contributed by atoms with Crippen molar-refractivity contribution in [2.45, 2.75) is 33.7 Å². The summed E-state index contributed by atoms with van der Waals surface area (Å²) >= 11 is 7.92. The summed E-state index contributed by atoms with van der Waals surface area (Å²) in [6.07, 6.45) is 0. The van der Waals surface area contributed by atoms with Gasteiger partial charge in [0.2, 0.25) is 0 Å². The number of aryl methyl sites for hydroxylation is 3.